The van der Waals surface area contributed by atoms with E-state index in [0.29, 0.717) is 0 Å². The van der Waals surface area contributed by atoms with Gasteiger partial charge in [0.1, 0.15) is 0 Å². The van der Waals surface area contributed by atoms with Crippen LogP contribution in [0, 0.1) is 6.07 Å². The Hall–Kier alpha value is -3.59. The quantitative estimate of drug-likeness (QED) is 0.228. The van der Waals surface area contributed by atoms with Crippen molar-refractivity contribution in [2.24, 2.45) is 4.99 Å². The summed E-state index contributed by atoms with van der Waals surface area (Å²) < 4.78 is 0. The first-order valence-corrected chi connectivity index (χ1v) is 10.1. The summed E-state index contributed by atoms with van der Waals surface area (Å²) in [5.74, 6) is 0. The molecular weight excluding hydrogens is 571 g/mol. The second-order valence-corrected chi connectivity index (χ2v) is 7.10. The van der Waals surface area contributed by atoms with Gasteiger partial charge in [0.2, 0.25) is 0 Å². The van der Waals surface area contributed by atoms with Crippen molar-refractivity contribution in [3.8, 4) is 11.3 Å². The molecule has 1 aliphatic heterocycles. The van der Waals surface area contributed by atoms with Crippen molar-refractivity contribution in [3.63, 3.8) is 0 Å². The van der Waals surface area contributed by atoms with Gasteiger partial charge >= 0.3 is 0 Å². The summed E-state index contributed by atoms with van der Waals surface area (Å²) in [6, 6.07) is 33.3. The fourth-order valence-corrected chi connectivity index (χ4v) is 3.54. The summed E-state index contributed by atoms with van der Waals surface area (Å²) in [6.07, 6.45) is 7.67. The molecule has 0 fully saturated rings. The van der Waals surface area contributed by atoms with E-state index >= 15 is 0 Å². The van der Waals surface area contributed by atoms with Gasteiger partial charge in [0.15, 0.2) is 0 Å². The first-order chi connectivity index (χ1) is 15.4. The van der Waals surface area contributed by atoms with Crippen LogP contribution in [0.1, 0.15) is 16.8 Å². The minimum Gasteiger partial charge on any atom is -0.663 e. The van der Waals surface area contributed by atoms with E-state index in [0.717, 1.165) is 22.6 Å². The Kier molecular flexibility index (Phi) is 6.86. The number of nitrogens with zero attached hydrogens (tertiary/aromatic N) is 3. The molecule has 3 heterocycles. The molecule has 0 atom stereocenters. The van der Waals surface area contributed by atoms with Crippen LogP contribution in [0.25, 0.3) is 33.8 Å². The molecule has 4 heteroatoms. The van der Waals surface area contributed by atoms with Gasteiger partial charge in [-0.05, 0) is 28.6 Å². The first kappa shape index (κ1) is 21.6. The van der Waals surface area contributed by atoms with Crippen LogP contribution >= 0.6 is 0 Å². The second-order valence-electron chi connectivity index (χ2n) is 7.10. The van der Waals surface area contributed by atoms with Crippen LogP contribution < -0.4 is 4.98 Å². The van der Waals surface area contributed by atoms with Crippen LogP contribution in [0.5, 0.6) is 0 Å². The van der Waals surface area contributed by atoms with Gasteiger partial charge in [0.05, 0.1) is 5.70 Å². The van der Waals surface area contributed by atoms with Crippen molar-refractivity contribution in [1.29, 1.82) is 0 Å². The molecule has 3 nitrogen and oxygen atoms in total. The van der Waals surface area contributed by atoms with Crippen molar-refractivity contribution in [1.82, 2.24) is 9.97 Å². The summed E-state index contributed by atoms with van der Waals surface area (Å²) in [5.41, 5.74) is 6.33. The molecule has 1 aliphatic rings. The maximum atomic E-state index is 4.48. The molecule has 0 unspecified atom stereocenters. The zero-order valence-electron chi connectivity index (χ0n) is 17.1. The van der Waals surface area contributed by atoms with Crippen LogP contribution in [0.4, 0.5) is 0 Å². The van der Waals surface area contributed by atoms with E-state index in [4.69, 9.17) is 0 Å². The van der Waals surface area contributed by atoms with E-state index in [1.54, 1.807) is 6.20 Å². The number of aromatic nitrogens is 2. The number of hydrogen-bond acceptors (Lipinski definition) is 2. The predicted octanol–water partition coefficient (Wildman–Crippen LogP) is 6.27. The van der Waals surface area contributed by atoms with Crippen molar-refractivity contribution in [2.45, 2.75) is 0 Å². The number of pyridine rings is 1. The zero-order chi connectivity index (χ0) is 20.9. The maximum Gasteiger partial charge on any atom is 0.0696 e. The Morgan fingerprint density at radius 1 is 0.812 bits per heavy atom. The summed E-state index contributed by atoms with van der Waals surface area (Å²) >= 11 is 0. The Bertz CT molecular complexity index is 1330. The predicted molar refractivity (Wildman–Crippen MR) is 128 cm³/mol. The third kappa shape index (κ3) is 4.67. The number of rotatable bonds is 2. The molecule has 0 spiro atoms. The van der Waals surface area contributed by atoms with Gasteiger partial charge in [0, 0.05) is 43.6 Å². The minimum absolute atomic E-state index is 0. The molecule has 32 heavy (non-hydrogen) atoms. The fourth-order valence-electron chi connectivity index (χ4n) is 3.54. The monoisotopic (exact) mass is 590 g/mol. The molecule has 1 radical (unpaired) electrons. The molecule has 0 amide bonds. The number of hydrogen-bond donors (Lipinski definition) is 0. The zero-order valence-corrected chi connectivity index (χ0v) is 19.5. The Balaban J connectivity index is 0.000000164. The molecule has 6 rings (SSSR count). The van der Waals surface area contributed by atoms with Crippen molar-refractivity contribution in [3.05, 3.63) is 126 Å². The van der Waals surface area contributed by atoms with Crippen molar-refractivity contribution >= 4 is 28.8 Å². The van der Waals surface area contributed by atoms with Gasteiger partial charge in [0.25, 0.3) is 0 Å². The van der Waals surface area contributed by atoms with E-state index in [-0.39, 0.29) is 20.1 Å². The van der Waals surface area contributed by atoms with Crippen LogP contribution in [0.3, 0.4) is 0 Å². The Morgan fingerprint density at radius 2 is 1.62 bits per heavy atom. The third-order valence-corrected chi connectivity index (χ3v) is 5.08. The van der Waals surface area contributed by atoms with Gasteiger partial charge in [-0.15, -0.1) is 41.6 Å². The molecule has 0 N–H and O–H groups in total. The summed E-state index contributed by atoms with van der Waals surface area (Å²) in [7, 11) is 0. The third-order valence-electron chi connectivity index (χ3n) is 5.08. The molecule has 0 saturated carbocycles. The van der Waals surface area contributed by atoms with Gasteiger partial charge in [-0.25, -0.2) is 0 Å². The molecular formula is C28H19IrN3-2. The number of benzene rings is 3. The Labute approximate surface area is 200 Å². The van der Waals surface area contributed by atoms with Crippen LogP contribution in [0.15, 0.2) is 108 Å². The largest absolute Gasteiger partial charge is 0.663 e. The molecule has 2 aromatic heterocycles. The summed E-state index contributed by atoms with van der Waals surface area (Å²) in [5, 5.41) is 2.35. The maximum absolute atomic E-state index is 4.48. The smallest absolute Gasteiger partial charge is 0.0696 e. The molecule has 157 valence electrons. The number of aliphatic imine (C=N–C) groups is 1. The van der Waals surface area contributed by atoms with Crippen molar-refractivity contribution < 1.29 is 20.1 Å². The van der Waals surface area contributed by atoms with Gasteiger partial charge < -0.3 is 9.97 Å². The average Bonchev–Trinajstić information content (AvgIpc) is 3.46. The fraction of sp³-hybridized carbons (Fsp3) is 0. The standard InChI is InChI=1S/C17H11N2.C11H8N.Ir/c1-3-7-14-12(5-1)10-18-16(14)9-17-15-8-4-2-6-13(15)11-19-17;1-2-6-10(7-3-1)11-8-4-5-9-12-11;/h1-11H;1-6,8-9H;/q2*-1;/b16-9-;;. The molecule has 5 aromatic rings. The second kappa shape index (κ2) is 10.1. The number of fused-ring (bicyclic) bond motifs is 2. The van der Waals surface area contributed by atoms with Crippen LogP contribution in [-0.2, 0) is 20.1 Å². The molecule has 3 aromatic carbocycles. The molecule has 0 saturated heterocycles. The van der Waals surface area contributed by atoms with E-state index < -0.39 is 0 Å². The van der Waals surface area contributed by atoms with Gasteiger partial charge in [-0.1, -0.05) is 60.7 Å². The van der Waals surface area contributed by atoms with Gasteiger partial charge in [-0.2, -0.15) is 6.20 Å². The Morgan fingerprint density at radius 3 is 2.47 bits per heavy atom. The SMILES string of the molecule is C1=N/C(=C\c2[n-]cc3ccccc23)c2ccccc21.[Ir].[c-]1ccccc1-c1ccccn1. The van der Waals surface area contributed by atoms with E-state index in [9.17, 15) is 0 Å². The van der Waals surface area contributed by atoms with Crippen LogP contribution in [0.2, 0.25) is 0 Å². The average molecular weight is 590 g/mol. The van der Waals surface area contributed by atoms with Crippen LogP contribution in [-0.4, -0.2) is 11.2 Å². The van der Waals surface area contributed by atoms with E-state index in [1.807, 2.05) is 79.1 Å². The van der Waals surface area contributed by atoms with E-state index in [1.165, 1.54) is 21.9 Å². The molecule has 0 aliphatic carbocycles. The normalized spacial score (nSPS) is 12.7. The first-order valence-electron chi connectivity index (χ1n) is 10.1. The topological polar surface area (TPSA) is 39.4 Å². The summed E-state index contributed by atoms with van der Waals surface area (Å²) in [6.45, 7) is 0. The summed E-state index contributed by atoms with van der Waals surface area (Å²) in [4.78, 5) is 13.2. The van der Waals surface area contributed by atoms with Crippen molar-refractivity contribution in [2.75, 3.05) is 0 Å². The van der Waals surface area contributed by atoms with Gasteiger partial charge in [-0.3, -0.25) is 4.99 Å². The minimum atomic E-state index is 0. The van der Waals surface area contributed by atoms with E-state index in [2.05, 4.69) is 51.4 Å². The molecule has 0 bridgehead atoms.